The summed E-state index contributed by atoms with van der Waals surface area (Å²) in [5.41, 5.74) is 2.18. The van der Waals surface area contributed by atoms with Gasteiger partial charge in [0.05, 0.1) is 10.5 Å². The van der Waals surface area contributed by atoms with Crippen molar-refractivity contribution in [2.45, 2.75) is 26.9 Å². The third-order valence-electron chi connectivity index (χ3n) is 3.59. The van der Waals surface area contributed by atoms with Crippen LogP contribution in [0.15, 0.2) is 42.5 Å². The van der Waals surface area contributed by atoms with Crippen molar-refractivity contribution in [3.05, 3.63) is 69.3 Å². The van der Waals surface area contributed by atoms with Crippen LogP contribution < -0.4 is 5.32 Å². The summed E-state index contributed by atoms with van der Waals surface area (Å²) in [6, 6.07) is 10.9. The maximum absolute atomic E-state index is 12.2. The minimum absolute atomic E-state index is 0.141. The molecule has 1 atom stereocenters. The van der Waals surface area contributed by atoms with Crippen LogP contribution in [0, 0.1) is 24.0 Å². The number of carbonyl (C=O) groups excluding carboxylic acids is 2. The van der Waals surface area contributed by atoms with Crippen LogP contribution in [0.25, 0.3) is 0 Å². The van der Waals surface area contributed by atoms with Crippen LogP contribution in [0.3, 0.4) is 0 Å². The van der Waals surface area contributed by atoms with Crippen molar-refractivity contribution in [1.29, 1.82) is 0 Å². The number of hydrogen-bond acceptors (Lipinski definition) is 5. The lowest BCUT2D eigenvalue weighted by Crippen LogP contribution is -2.30. The summed E-state index contributed by atoms with van der Waals surface area (Å²) < 4.78 is 5.20. The van der Waals surface area contributed by atoms with E-state index in [4.69, 9.17) is 4.74 Å². The number of ether oxygens (including phenoxy) is 1. The lowest BCUT2D eigenvalue weighted by Gasteiger charge is -2.14. The number of rotatable bonds is 5. The molecule has 1 amide bonds. The molecule has 0 bridgehead atoms. The van der Waals surface area contributed by atoms with Crippen LogP contribution in [0.5, 0.6) is 0 Å². The van der Waals surface area contributed by atoms with Crippen LogP contribution in [-0.4, -0.2) is 22.9 Å². The Morgan fingerprint density at radius 1 is 1.16 bits per heavy atom. The van der Waals surface area contributed by atoms with Gasteiger partial charge in [0.1, 0.15) is 0 Å². The zero-order valence-corrected chi connectivity index (χ0v) is 14.1. The Kier molecular flexibility index (Phi) is 5.49. The van der Waals surface area contributed by atoms with Crippen LogP contribution in [0.4, 0.5) is 11.4 Å². The summed E-state index contributed by atoms with van der Waals surface area (Å²) >= 11 is 0. The van der Waals surface area contributed by atoms with E-state index in [0.29, 0.717) is 5.56 Å². The van der Waals surface area contributed by atoms with E-state index >= 15 is 0 Å². The first kappa shape index (κ1) is 18.1. The number of non-ortho nitro benzene ring substituents is 1. The highest BCUT2D eigenvalue weighted by molar-refractivity contribution is 5.98. The third kappa shape index (κ3) is 4.63. The molecule has 1 N–H and O–H groups in total. The van der Waals surface area contributed by atoms with E-state index in [9.17, 15) is 19.7 Å². The molecular formula is C18H18N2O5. The largest absolute Gasteiger partial charge is 0.449 e. The minimum atomic E-state index is -1.05. The fourth-order valence-electron chi connectivity index (χ4n) is 2.17. The number of nitro groups is 1. The number of anilines is 1. The second-order valence-corrected chi connectivity index (χ2v) is 5.66. The maximum Gasteiger partial charge on any atom is 0.339 e. The molecule has 0 fully saturated rings. The Labute approximate surface area is 144 Å². The zero-order valence-electron chi connectivity index (χ0n) is 14.1. The Morgan fingerprint density at radius 2 is 1.88 bits per heavy atom. The minimum Gasteiger partial charge on any atom is -0.449 e. The van der Waals surface area contributed by atoms with Crippen molar-refractivity contribution in [3.63, 3.8) is 0 Å². The number of nitro benzene ring substituents is 1. The van der Waals surface area contributed by atoms with E-state index in [-0.39, 0.29) is 11.4 Å². The van der Waals surface area contributed by atoms with Gasteiger partial charge in [-0.05, 0) is 38.5 Å². The molecule has 2 aromatic rings. The molecule has 0 heterocycles. The Hall–Kier alpha value is -3.22. The van der Waals surface area contributed by atoms with Gasteiger partial charge in [-0.25, -0.2) is 4.79 Å². The van der Waals surface area contributed by atoms with E-state index in [1.54, 1.807) is 19.1 Å². The number of amides is 1. The molecule has 7 heteroatoms. The molecule has 0 radical (unpaired) electrons. The maximum atomic E-state index is 12.2. The highest BCUT2D eigenvalue weighted by atomic mass is 16.6. The first-order valence-electron chi connectivity index (χ1n) is 7.61. The number of esters is 1. The lowest BCUT2D eigenvalue weighted by molar-refractivity contribution is -0.384. The van der Waals surface area contributed by atoms with Gasteiger partial charge >= 0.3 is 5.97 Å². The average molecular weight is 342 g/mol. The van der Waals surface area contributed by atoms with Crippen molar-refractivity contribution < 1.29 is 19.2 Å². The average Bonchev–Trinajstić information content (AvgIpc) is 2.57. The first-order valence-corrected chi connectivity index (χ1v) is 7.61. The summed E-state index contributed by atoms with van der Waals surface area (Å²) in [6.07, 6.45) is -1.05. The molecule has 0 aliphatic heterocycles. The molecular weight excluding hydrogens is 324 g/mol. The summed E-state index contributed by atoms with van der Waals surface area (Å²) in [6.45, 7) is 5.08. The summed E-state index contributed by atoms with van der Waals surface area (Å²) in [4.78, 5) is 34.6. The summed E-state index contributed by atoms with van der Waals surface area (Å²) in [7, 11) is 0. The summed E-state index contributed by atoms with van der Waals surface area (Å²) in [5, 5.41) is 13.3. The van der Waals surface area contributed by atoms with Crippen molar-refractivity contribution in [2.75, 3.05) is 5.32 Å². The van der Waals surface area contributed by atoms with Gasteiger partial charge in [-0.15, -0.1) is 0 Å². The highest BCUT2D eigenvalue weighted by Gasteiger charge is 2.20. The van der Waals surface area contributed by atoms with Crippen LogP contribution in [-0.2, 0) is 9.53 Å². The van der Waals surface area contributed by atoms with Gasteiger partial charge in [0.25, 0.3) is 11.6 Å². The predicted octanol–water partition coefficient (Wildman–Crippen LogP) is 3.40. The monoisotopic (exact) mass is 342 g/mol. The Bertz CT molecular complexity index is 832. The molecule has 0 spiro atoms. The fraction of sp³-hybridized carbons (Fsp3) is 0.222. The van der Waals surface area contributed by atoms with Crippen molar-refractivity contribution in [3.8, 4) is 0 Å². The van der Waals surface area contributed by atoms with Gasteiger partial charge < -0.3 is 10.1 Å². The quantitative estimate of drug-likeness (QED) is 0.510. The van der Waals surface area contributed by atoms with Crippen LogP contribution in [0.2, 0.25) is 0 Å². The normalized spacial score (nSPS) is 11.5. The molecule has 2 rings (SSSR count). The molecule has 25 heavy (non-hydrogen) atoms. The fourth-order valence-corrected chi connectivity index (χ4v) is 2.17. The smallest absolute Gasteiger partial charge is 0.339 e. The molecule has 2 aromatic carbocycles. The molecule has 1 unspecified atom stereocenters. The topological polar surface area (TPSA) is 98.5 Å². The van der Waals surface area contributed by atoms with E-state index in [1.165, 1.54) is 31.2 Å². The van der Waals surface area contributed by atoms with E-state index in [2.05, 4.69) is 5.32 Å². The van der Waals surface area contributed by atoms with E-state index in [1.807, 2.05) is 13.0 Å². The Balaban J connectivity index is 2.05. The predicted molar refractivity (Wildman–Crippen MR) is 92.5 cm³/mol. The Morgan fingerprint density at radius 3 is 2.56 bits per heavy atom. The van der Waals surface area contributed by atoms with E-state index in [0.717, 1.165) is 11.1 Å². The standard InChI is InChI=1S/C18H18N2O5/c1-11-7-8-12(2)16(9-11)18(22)25-13(3)17(21)19-14-5-4-6-15(10-14)20(23)24/h4-10,13H,1-3H3,(H,19,21). The first-order chi connectivity index (χ1) is 11.8. The van der Waals surface area contributed by atoms with Gasteiger partial charge in [-0.1, -0.05) is 23.8 Å². The number of aryl methyl sites for hydroxylation is 2. The third-order valence-corrected chi connectivity index (χ3v) is 3.59. The number of nitrogens with zero attached hydrogens (tertiary/aromatic N) is 1. The van der Waals surface area contributed by atoms with Gasteiger partial charge in [-0.3, -0.25) is 14.9 Å². The molecule has 0 saturated heterocycles. The van der Waals surface area contributed by atoms with Crippen LogP contribution >= 0.6 is 0 Å². The number of benzene rings is 2. The molecule has 0 aliphatic rings. The molecule has 0 aromatic heterocycles. The van der Waals surface area contributed by atoms with Gasteiger partial charge in [0.2, 0.25) is 0 Å². The van der Waals surface area contributed by atoms with Crippen LogP contribution in [0.1, 0.15) is 28.4 Å². The SMILES string of the molecule is Cc1ccc(C)c(C(=O)OC(C)C(=O)Nc2cccc([N+](=O)[O-])c2)c1. The number of hydrogen-bond donors (Lipinski definition) is 1. The van der Waals surface area contributed by atoms with Crippen molar-refractivity contribution in [1.82, 2.24) is 0 Å². The summed E-state index contributed by atoms with van der Waals surface area (Å²) in [5.74, 6) is -1.16. The molecule has 7 nitrogen and oxygen atoms in total. The zero-order chi connectivity index (χ0) is 18.6. The van der Waals surface area contributed by atoms with Gasteiger partial charge in [0, 0.05) is 17.8 Å². The molecule has 0 saturated carbocycles. The number of nitrogens with one attached hydrogen (secondary N) is 1. The molecule has 0 aliphatic carbocycles. The van der Waals surface area contributed by atoms with Crippen molar-refractivity contribution in [2.24, 2.45) is 0 Å². The van der Waals surface area contributed by atoms with Crippen molar-refractivity contribution >= 4 is 23.3 Å². The van der Waals surface area contributed by atoms with Gasteiger partial charge in [0.15, 0.2) is 6.10 Å². The van der Waals surface area contributed by atoms with Gasteiger partial charge in [-0.2, -0.15) is 0 Å². The lowest BCUT2D eigenvalue weighted by atomic mass is 10.1. The van der Waals surface area contributed by atoms with E-state index < -0.39 is 22.9 Å². The second-order valence-electron chi connectivity index (χ2n) is 5.66. The number of carbonyl (C=O) groups is 2. The molecule has 130 valence electrons. The highest BCUT2D eigenvalue weighted by Crippen LogP contribution is 2.18. The second kappa shape index (κ2) is 7.57.